The van der Waals surface area contributed by atoms with Crippen molar-refractivity contribution in [3.8, 4) is 0 Å². The zero-order valence-electron chi connectivity index (χ0n) is 8.34. The molecule has 2 heteroatoms. The fourth-order valence-electron chi connectivity index (χ4n) is 2.59. The number of hydrogen-bond acceptors (Lipinski definition) is 2. The Morgan fingerprint density at radius 1 is 1.46 bits per heavy atom. The van der Waals surface area contributed by atoms with Crippen LogP contribution in [0.2, 0.25) is 0 Å². The number of likely N-dealkylation sites (tertiary alicyclic amines) is 1. The average Bonchev–Trinajstić information content (AvgIpc) is 2.57. The topological polar surface area (TPSA) is 15.3 Å². The van der Waals surface area contributed by atoms with Crippen molar-refractivity contribution in [1.29, 1.82) is 0 Å². The van der Waals surface area contributed by atoms with Gasteiger partial charge in [0.2, 0.25) is 0 Å². The molecule has 0 aromatic heterocycles. The Morgan fingerprint density at radius 2 is 2.38 bits per heavy atom. The summed E-state index contributed by atoms with van der Waals surface area (Å²) in [4.78, 5) is 2.58. The van der Waals surface area contributed by atoms with Gasteiger partial charge < -0.3 is 10.2 Å². The Kier molecular flexibility index (Phi) is 3.01. The third-order valence-electron chi connectivity index (χ3n) is 3.32. The lowest BCUT2D eigenvalue weighted by Gasteiger charge is -2.24. The highest BCUT2D eigenvalue weighted by molar-refractivity contribution is 4.92. The molecule has 2 rings (SSSR count). The molecule has 0 aromatic rings. The predicted molar refractivity (Wildman–Crippen MR) is 55.8 cm³/mol. The molecule has 0 spiro atoms. The SMILES string of the molecule is C=CCCN1C[C@@H]2CCCN[C@@H]2C1. The van der Waals surface area contributed by atoms with E-state index in [1.165, 1.54) is 39.0 Å². The van der Waals surface area contributed by atoms with Crippen LogP contribution in [0.25, 0.3) is 0 Å². The minimum Gasteiger partial charge on any atom is -0.312 e. The van der Waals surface area contributed by atoms with Gasteiger partial charge in [-0.05, 0) is 31.7 Å². The van der Waals surface area contributed by atoms with Gasteiger partial charge >= 0.3 is 0 Å². The first-order valence-electron chi connectivity index (χ1n) is 5.47. The van der Waals surface area contributed by atoms with Crippen LogP contribution in [0.1, 0.15) is 19.3 Å². The Hall–Kier alpha value is -0.340. The first kappa shape index (κ1) is 9.22. The molecule has 0 radical (unpaired) electrons. The molecule has 2 atom stereocenters. The molecule has 2 aliphatic heterocycles. The number of nitrogens with one attached hydrogen (secondary N) is 1. The van der Waals surface area contributed by atoms with Crippen LogP contribution < -0.4 is 5.32 Å². The largest absolute Gasteiger partial charge is 0.312 e. The van der Waals surface area contributed by atoms with Gasteiger partial charge in [-0.3, -0.25) is 0 Å². The highest BCUT2D eigenvalue weighted by Gasteiger charge is 2.33. The van der Waals surface area contributed by atoms with Gasteiger partial charge in [-0.15, -0.1) is 6.58 Å². The molecular weight excluding hydrogens is 160 g/mol. The number of hydrogen-bond donors (Lipinski definition) is 1. The lowest BCUT2D eigenvalue weighted by molar-refractivity contribution is 0.324. The van der Waals surface area contributed by atoms with E-state index in [0.29, 0.717) is 0 Å². The molecule has 2 saturated heterocycles. The van der Waals surface area contributed by atoms with E-state index in [2.05, 4.69) is 16.8 Å². The fourth-order valence-corrected chi connectivity index (χ4v) is 2.59. The highest BCUT2D eigenvalue weighted by Crippen LogP contribution is 2.24. The lowest BCUT2D eigenvalue weighted by Crippen LogP contribution is -2.40. The van der Waals surface area contributed by atoms with Crippen LogP contribution in [0.3, 0.4) is 0 Å². The predicted octanol–water partition coefficient (Wildman–Crippen LogP) is 1.25. The van der Waals surface area contributed by atoms with E-state index in [1.807, 2.05) is 6.08 Å². The summed E-state index contributed by atoms with van der Waals surface area (Å²) in [6.45, 7) is 8.78. The number of nitrogens with zero attached hydrogens (tertiary/aromatic N) is 1. The van der Waals surface area contributed by atoms with Gasteiger partial charge in [0.05, 0.1) is 0 Å². The van der Waals surface area contributed by atoms with Crippen LogP contribution in [-0.2, 0) is 0 Å². The molecule has 2 fully saturated rings. The van der Waals surface area contributed by atoms with E-state index in [0.717, 1.165) is 18.4 Å². The Morgan fingerprint density at radius 3 is 3.15 bits per heavy atom. The molecule has 0 saturated carbocycles. The summed E-state index contributed by atoms with van der Waals surface area (Å²) in [5.41, 5.74) is 0. The minimum atomic E-state index is 0.790. The third-order valence-corrected chi connectivity index (χ3v) is 3.32. The van der Waals surface area contributed by atoms with Crippen molar-refractivity contribution in [2.24, 2.45) is 5.92 Å². The summed E-state index contributed by atoms with van der Waals surface area (Å²) in [6.07, 6.45) is 5.97. The lowest BCUT2D eigenvalue weighted by atomic mass is 9.94. The summed E-state index contributed by atoms with van der Waals surface area (Å²) in [5.74, 6) is 0.929. The van der Waals surface area contributed by atoms with Crippen LogP contribution in [0.4, 0.5) is 0 Å². The smallest absolute Gasteiger partial charge is 0.0235 e. The van der Waals surface area contributed by atoms with Crippen molar-refractivity contribution in [3.63, 3.8) is 0 Å². The standard InChI is InChI=1S/C11H20N2/c1-2-3-7-13-8-10-5-4-6-12-11(10)9-13/h2,10-12H,1,3-9H2/t10-,11+/m0/s1. The fraction of sp³-hybridized carbons (Fsp3) is 0.818. The summed E-state index contributed by atoms with van der Waals surface area (Å²) in [6, 6.07) is 0.790. The first-order valence-corrected chi connectivity index (χ1v) is 5.47. The molecule has 0 amide bonds. The summed E-state index contributed by atoms with van der Waals surface area (Å²) >= 11 is 0. The third kappa shape index (κ3) is 2.12. The van der Waals surface area contributed by atoms with E-state index < -0.39 is 0 Å². The second kappa shape index (κ2) is 4.25. The van der Waals surface area contributed by atoms with Crippen molar-refractivity contribution in [1.82, 2.24) is 10.2 Å². The van der Waals surface area contributed by atoms with Gasteiger partial charge in [0.25, 0.3) is 0 Å². The van der Waals surface area contributed by atoms with Crippen LogP contribution >= 0.6 is 0 Å². The zero-order valence-corrected chi connectivity index (χ0v) is 8.34. The molecule has 1 N–H and O–H groups in total. The second-order valence-corrected chi connectivity index (χ2v) is 4.30. The van der Waals surface area contributed by atoms with Gasteiger partial charge in [-0.25, -0.2) is 0 Å². The summed E-state index contributed by atoms with van der Waals surface area (Å²) in [5, 5.41) is 3.62. The average molecular weight is 180 g/mol. The second-order valence-electron chi connectivity index (χ2n) is 4.30. The first-order chi connectivity index (χ1) is 6.40. The maximum absolute atomic E-state index is 3.77. The molecule has 2 aliphatic rings. The number of rotatable bonds is 3. The Balaban J connectivity index is 1.80. The maximum atomic E-state index is 3.77. The molecule has 0 bridgehead atoms. The van der Waals surface area contributed by atoms with Crippen molar-refractivity contribution in [3.05, 3.63) is 12.7 Å². The van der Waals surface area contributed by atoms with Crippen LogP contribution in [-0.4, -0.2) is 37.1 Å². The molecule has 0 unspecified atom stereocenters. The van der Waals surface area contributed by atoms with E-state index >= 15 is 0 Å². The molecule has 0 aromatic carbocycles. The summed E-state index contributed by atoms with van der Waals surface area (Å²) < 4.78 is 0. The maximum Gasteiger partial charge on any atom is 0.0235 e. The molecule has 2 heterocycles. The van der Waals surface area contributed by atoms with Crippen molar-refractivity contribution in [2.45, 2.75) is 25.3 Å². The number of piperidine rings is 1. The quantitative estimate of drug-likeness (QED) is 0.658. The molecule has 74 valence electrons. The van der Waals surface area contributed by atoms with E-state index in [4.69, 9.17) is 0 Å². The van der Waals surface area contributed by atoms with Crippen LogP contribution in [0.5, 0.6) is 0 Å². The Labute approximate surface area is 81.0 Å². The molecule has 0 aliphatic carbocycles. The van der Waals surface area contributed by atoms with E-state index in [-0.39, 0.29) is 0 Å². The van der Waals surface area contributed by atoms with Crippen LogP contribution in [0.15, 0.2) is 12.7 Å². The number of fused-ring (bicyclic) bond motifs is 1. The normalized spacial score (nSPS) is 34.5. The molecule has 2 nitrogen and oxygen atoms in total. The van der Waals surface area contributed by atoms with Crippen molar-refractivity contribution >= 4 is 0 Å². The molecule has 13 heavy (non-hydrogen) atoms. The van der Waals surface area contributed by atoms with Gasteiger partial charge in [-0.1, -0.05) is 6.08 Å². The van der Waals surface area contributed by atoms with Crippen LogP contribution in [0, 0.1) is 5.92 Å². The van der Waals surface area contributed by atoms with Gasteiger partial charge in [0.15, 0.2) is 0 Å². The van der Waals surface area contributed by atoms with Gasteiger partial charge in [-0.2, -0.15) is 0 Å². The monoisotopic (exact) mass is 180 g/mol. The molecular formula is C11H20N2. The highest BCUT2D eigenvalue weighted by atomic mass is 15.2. The Bertz CT molecular complexity index is 165. The van der Waals surface area contributed by atoms with Gasteiger partial charge in [0.1, 0.15) is 0 Å². The zero-order chi connectivity index (χ0) is 9.10. The van der Waals surface area contributed by atoms with Gasteiger partial charge in [0, 0.05) is 25.7 Å². The minimum absolute atomic E-state index is 0.790. The van der Waals surface area contributed by atoms with Crippen molar-refractivity contribution < 1.29 is 0 Å². The van der Waals surface area contributed by atoms with E-state index in [9.17, 15) is 0 Å². The van der Waals surface area contributed by atoms with E-state index in [1.54, 1.807) is 0 Å². The van der Waals surface area contributed by atoms with Crippen molar-refractivity contribution in [2.75, 3.05) is 26.2 Å². The summed E-state index contributed by atoms with van der Waals surface area (Å²) in [7, 11) is 0.